The Morgan fingerprint density at radius 1 is 1.15 bits per heavy atom. The third-order valence-corrected chi connectivity index (χ3v) is 13.5. The Hall–Kier alpha value is -4.51. The van der Waals surface area contributed by atoms with E-state index in [1.807, 2.05) is 18.5 Å². The molecule has 16 heteroatoms. The molecule has 6 heterocycles. The van der Waals surface area contributed by atoms with E-state index < -0.39 is 53.5 Å². The number of fused-ring (bicyclic) bond motifs is 6. The van der Waals surface area contributed by atoms with Gasteiger partial charge in [0, 0.05) is 97.5 Å². The first kappa shape index (κ1) is 42.2. The number of nitrogens with zero attached hydrogens (tertiary/aromatic N) is 6. The van der Waals surface area contributed by atoms with Crippen LogP contribution in [0.5, 0.6) is 0 Å². The first-order valence-electron chi connectivity index (χ1n) is 21.1. The van der Waals surface area contributed by atoms with Crippen molar-refractivity contribution in [2.45, 2.75) is 91.0 Å². The van der Waals surface area contributed by atoms with E-state index in [4.69, 9.17) is 19.4 Å². The summed E-state index contributed by atoms with van der Waals surface area (Å²) in [6.07, 6.45) is 0.774. The number of amides is 2. The number of ether oxygens (including phenoxy) is 2. The molecule has 5 atom stereocenters. The molecule has 4 aliphatic rings. The standard InChI is InChI=1S/C44H56F2N8O5S/c1-7-53-36-11-10-26-17-28(36)32(39(53)31-18-27(22-47-38(31)25(2)58-6)52-15-13-51(5)14-16-52)21-44(3,4)24-59-43(57)33-9-8-12-54(50-33)42(56)34(20-37-48-35(26)23-60-37)49-41(55)30-19-29(30)40(45)46/h10-11,17-18,22-23,25,29-30,33-34,40,50H,7-9,12-16,19-21,24H2,1-6H3,(H,49,55)/t25-,29?,30+,33-,34-/m0/s1. The van der Waals surface area contributed by atoms with Gasteiger partial charge in [-0.25, -0.2) is 19.2 Å². The van der Waals surface area contributed by atoms with E-state index in [9.17, 15) is 23.2 Å². The number of aromatic nitrogens is 3. The van der Waals surface area contributed by atoms with Crippen LogP contribution < -0.4 is 15.6 Å². The molecule has 4 aromatic rings. The Morgan fingerprint density at radius 3 is 2.65 bits per heavy atom. The number of cyclic esters (lactones) is 1. The predicted molar refractivity (Wildman–Crippen MR) is 227 cm³/mol. The summed E-state index contributed by atoms with van der Waals surface area (Å²) >= 11 is 1.38. The number of hydrogen-bond acceptors (Lipinski definition) is 11. The van der Waals surface area contributed by atoms with Gasteiger partial charge in [-0.05, 0) is 70.3 Å². The fourth-order valence-corrected chi connectivity index (χ4v) is 9.76. The number of carbonyl (C=O) groups excluding carboxylic acids is 3. The molecule has 8 rings (SSSR count). The molecule has 13 nitrogen and oxygen atoms in total. The van der Waals surface area contributed by atoms with Gasteiger partial charge < -0.3 is 29.2 Å². The maximum Gasteiger partial charge on any atom is 0.324 e. The molecule has 3 aromatic heterocycles. The number of halogens is 2. The largest absolute Gasteiger partial charge is 0.464 e. The highest BCUT2D eigenvalue weighted by molar-refractivity contribution is 7.10. The number of piperazine rings is 1. The van der Waals surface area contributed by atoms with Crippen molar-refractivity contribution in [3.63, 3.8) is 0 Å². The van der Waals surface area contributed by atoms with Gasteiger partial charge in [-0.2, -0.15) is 0 Å². The second-order valence-corrected chi connectivity index (χ2v) is 18.5. The number of methoxy groups -OCH3 is 1. The number of alkyl halides is 2. The summed E-state index contributed by atoms with van der Waals surface area (Å²) in [7, 11) is 3.85. The van der Waals surface area contributed by atoms with Crippen LogP contribution in [0.15, 0.2) is 35.8 Å². The van der Waals surface area contributed by atoms with Crippen molar-refractivity contribution in [1.29, 1.82) is 0 Å². The zero-order valence-electron chi connectivity index (χ0n) is 35.3. The molecule has 1 aromatic carbocycles. The lowest BCUT2D eigenvalue weighted by atomic mass is 9.84. The van der Waals surface area contributed by atoms with Crippen LogP contribution in [0.1, 0.15) is 69.3 Å². The zero-order valence-corrected chi connectivity index (χ0v) is 36.1. The lowest BCUT2D eigenvalue weighted by Crippen LogP contribution is -2.60. The van der Waals surface area contributed by atoms with Crippen molar-refractivity contribution in [3.8, 4) is 22.5 Å². The molecule has 2 amide bonds. The molecule has 322 valence electrons. The lowest BCUT2D eigenvalue weighted by Gasteiger charge is -2.35. The van der Waals surface area contributed by atoms with Crippen molar-refractivity contribution in [2.75, 3.05) is 58.4 Å². The summed E-state index contributed by atoms with van der Waals surface area (Å²) in [5.74, 6) is -3.37. The van der Waals surface area contributed by atoms with E-state index in [0.717, 1.165) is 76.5 Å². The van der Waals surface area contributed by atoms with Gasteiger partial charge in [0.1, 0.15) is 12.1 Å². The molecule has 1 unspecified atom stereocenters. The highest BCUT2D eigenvalue weighted by atomic mass is 32.1. The van der Waals surface area contributed by atoms with Gasteiger partial charge in [-0.3, -0.25) is 24.4 Å². The highest BCUT2D eigenvalue weighted by Gasteiger charge is 2.50. The van der Waals surface area contributed by atoms with Crippen LogP contribution in [-0.4, -0.2) is 114 Å². The van der Waals surface area contributed by atoms with E-state index in [-0.39, 0.29) is 25.6 Å². The van der Waals surface area contributed by atoms with Crippen molar-refractivity contribution in [2.24, 2.45) is 17.3 Å². The van der Waals surface area contributed by atoms with Crippen LogP contribution in [0, 0.1) is 17.3 Å². The van der Waals surface area contributed by atoms with Crippen LogP contribution in [0.4, 0.5) is 14.5 Å². The maximum atomic E-state index is 14.1. The first-order chi connectivity index (χ1) is 28.7. The van der Waals surface area contributed by atoms with Crippen LogP contribution in [0.2, 0.25) is 0 Å². The lowest BCUT2D eigenvalue weighted by molar-refractivity contribution is -0.155. The van der Waals surface area contributed by atoms with Crippen molar-refractivity contribution < 1.29 is 32.6 Å². The van der Waals surface area contributed by atoms with E-state index >= 15 is 0 Å². The number of hydrazine groups is 1. The molecule has 0 spiro atoms. The number of benzene rings is 1. The van der Waals surface area contributed by atoms with Gasteiger partial charge in [0.05, 0.1) is 46.7 Å². The second kappa shape index (κ2) is 17.1. The number of thiazole rings is 1. The molecule has 1 saturated carbocycles. The smallest absolute Gasteiger partial charge is 0.324 e. The molecular formula is C44H56F2N8O5S. The van der Waals surface area contributed by atoms with E-state index in [1.165, 1.54) is 16.3 Å². The topological polar surface area (TPSA) is 134 Å². The van der Waals surface area contributed by atoms with Crippen molar-refractivity contribution in [1.82, 2.24) is 35.2 Å². The van der Waals surface area contributed by atoms with Gasteiger partial charge in [0.2, 0.25) is 12.3 Å². The van der Waals surface area contributed by atoms with E-state index in [2.05, 4.69) is 77.2 Å². The molecule has 6 bridgehead atoms. The highest BCUT2D eigenvalue weighted by Crippen LogP contribution is 2.44. The van der Waals surface area contributed by atoms with Gasteiger partial charge in [-0.1, -0.05) is 19.9 Å². The number of pyridine rings is 1. The molecule has 3 fully saturated rings. The minimum atomic E-state index is -2.60. The number of rotatable bonds is 8. The van der Waals surface area contributed by atoms with Crippen LogP contribution >= 0.6 is 11.3 Å². The van der Waals surface area contributed by atoms with Gasteiger partial charge in [0.15, 0.2) is 0 Å². The van der Waals surface area contributed by atoms with Crippen LogP contribution in [0.3, 0.4) is 0 Å². The SMILES string of the molecule is CCn1c(-c2cc(N3CCN(C)CC3)cnc2[C@H](C)OC)c2c3cc(ccc31)-c1csc(n1)C[C@H](NC(=O)[C@@H]1CC1C(F)F)C(=O)N1CCC[C@H](N1)C(=O)OCC(C)(C)C2. The Labute approximate surface area is 353 Å². The number of hydrogen-bond donors (Lipinski definition) is 2. The Kier molecular flexibility index (Phi) is 12.0. The average molecular weight is 847 g/mol. The zero-order chi connectivity index (χ0) is 42.5. The normalized spacial score (nSPS) is 24.4. The molecule has 3 aliphatic heterocycles. The number of anilines is 1. The van der Waals surface area contributed by atoms with Gasteiger partial charge >= 0.3 is 5.97 Å². The number of carbonyl (C=O) groups is 3. The average Bonchev–Trinajstić information content (AvgIpc) is 3.84. The monoisotopic (exact) mass is 846 g/mol. The Morgan fingerprint density at radius 2 is 1.93 bits per heavy atom. The van der Waals surface area contributed by atoms with E-state index in [0.29, 0.717) is 37.4 Å². The maximum absolute atomic E-state index is 14.1. The fourth-order valence-electron chi connectivity index (χ4n) is 8.91. The number of likely N-dealkylation sites (N-methyl/N-ethyl adjacent to an activating group) is 1. The Bertz CT molecular complexity index is 2250. The van der Waals surface area contributed by atoms with Gasteiger partial charge in [0.25, 0.3) is 5.91 Å². The Balaban J connectivity index is 1.24. The number of aryl methyl sites for hydroxylation is 1. The van der Waals surface area contributed by atoms with Crippen LogP contribution in [0.25, 0.3) is 33.4 Å². The summed E-state index contributed by atoms with van der Waals surface area (Å²) in [4.78, 5) is 55.9. The molecule has 1 aliphatic carbocycles. The summed E-state index contributed by atoms with van der Waals surface area (Å²) in [5, 5.41) is 7.75. The summed E-state index contributed by atoms with van der Waals surface area (Å²) in [6, 6.07) is 6.76. The molecule has 60 heavy (non-hydrogen) atoms. The quantitative estimate of drug-likeness (QED) is 0.208. The second-order valence-electron chi connectivity index (χ2n) is 17.6. The first-order valence-corrected chi connectivity index (χ1v) is 22.0. The molecule has 0 radical (unpaired) electrons. The minimum absolute atomic E-state index is 0.0593. The predicted octanol–water partition coefficient (Wildman–Crippen LogP) is 5.86. The third kappa shape index (κ3) is 8.52. The van der Waals surface area contributed by atoms with Crippen LogP contribution in [-0.2, 0) is 43.2 Å². The molecule has 2 N–H and O–H groups in total. The third-order valence-electron chi connectivity index (χ3n) is 12.6. The minimum Gasteiger partial charge on any atom is -0.464 e. The van der Waals surface area contributed by atoms with Gasteiger partial charge in [-0.15, -0.1) is 11.3 Å². The number of nitrogens with one attached hydrogen (secondary N) is 2. The van der Waals surface area contributed by atoms with E-state index in [1.54, 1.807) is 7.11 Å². The number of esters is 1. The summed E-state index contributed by atoms with van der Waals surface area (Å²) in [6.45, 7) is 13.2. The molecular weight excluding hydrogens is 791 g/mol. The van der Waals surface area contributed by atoms with Crippen molar-refractivity contribution >= 4 is 45.7 Å². The fraction of sp³-hybridized carbons (Fsp3) is 0.568. The summed E-state index contributed by atoms with van der Waals surface area (Å²) in [5.41, 5.74) is 10.2. The molecule has 2 saturated heterocycles. The van der Waals surface area contributed by atoms with Crippen molar-refractivity contribution in [3.05, 3.63) is 52.1 Å². The summed E-state index contributed by atoms with van der Waals surface area (Å²) < 4.78 is 41.3.